The second kappa shape index (κ2) is 9.86. The minimum absolute atomic E-state index is 0.150. The van der Waals surface area contributed by atoms with Gasteiger partial charge in [-0.3, -0.25) is 14.0 Å². The van der Waals surface area contributed by atoms with Gasteiger partial charge in [-0.15, -0.1) is 0 Å². The third-order valence-corrected chi connectivity index (χ3v) is 8.13. The van der Waals surface area contributed by atoms with Crippen LogP contribution in [0, 0.1) is 0 Å². The molecular weight excluding hydrogens is 408 g/mol. The molecule has 1 aliphatic carbocycles. The molecule has 0 radical (unpaired) electrons. The van der Waals surface area contributed by atoms with E-state index in [9.17, 15) is 4.79 Å². The van der Waals surface area contributed by atoms with Gasteiger partial charge in [-0.05, 0) is 50.4 Å². The van der Waals surface area contributed by atoms with Crippen molar-refractivity contribution in [3.05, 3.63) is 70.6 Å². The van der Waals surface area contributed by atoms with Gasteiger partial charge in [0, 0.05) is 37.8 Å². The minimum Gasteiger partial charge on any atom is -0.318 e. The van der Waals surface area contributed by atoms with Gasteiger partial charge in [-0.2, -0.15) is 0 Å². The zero-order valence-corrected chi connectivity index (χ0v) is 20.0. The molecule has 1 aliphatic heterocycles. The first kappa shape index (κ1) is 22.4. The molecule has 0 spiro atoms. The van der Waals surface area contributed by atoms with E-state index < -0.39 is 0 Å². The molecule has 2 fully saturated rings. The summed E-state index contributed by atoms with van der Waals surface area (Å²) in [6.07, 6.45) is 9.92. The molecule has 176 valence electrons. The lowest BCUT2D eigenvalue weighted by Gasteiger charge is -2.47. The molecular formula is C28H38N4O. The number of nitrogens with one attached hydrogen (secondary N) is 1. The van der Waals surface area contributed by atoms with Gasteiger partial charge in [-0.25, -0.2) is 4.79 Å². The Balaban J connectivity index is 1.42. The summed E-state index contributed by atoms with van der Waals surface area (Å²) in [5.74, 6) is 0. The number of para-hydroxylation sites is 2. The number of aromatic nitrogens is 2. The number of hydrogen-bond acceptors (Lipinski definition) is 3. The Hall–Kier alpha value is -2.37. The third-order valence-electron chi connectivity index (χ3n) is 8.13. The molecule has 33 heavy (non-hydrogen) atoms. The Bertz CT molecular complexity index is 1100. The van der Waals surface area contributed by atoms with E-state index in [4.69, 9.17) is 0 Å². The highest BCUT2D eigenvalue weighted by atomic mass is 16.1. The monoisotopic (exact) mass is 446 g/mol. The first-order valence-electron chi connectivity index (χ1n) is 12.9. The van der Waals surface area contributed by atoms with Crippen molar-refractivity contribution in [3.63, 3.8) is 0 Å². The van der Waals surface area contributed by atoms with Gasteiger partial charge in [0.05, 0.1) is 11.0 Å². The molecule has 0 atom stereocenters. The molecule has 5 nitrogen and oxygen atoms in total. The topological polar surface area (TPSA) is 42.2 Å². The van der Waals surface area contributed by atoms with Gasteiger partial charge in [0.15, 0.2) is 0 Å². The van der Waals surface area contributed by atoms with Gasteiger partial charge in [0.2, 0.25) is 0 Å². The van der Waals surface area contributed by atoms with E-state index in [1.54, 1.807) is 0 Å². The van der Waals surface area contributed by atoms with Gasteiger partial charge in [-0.1, -0.05) is 68.1 Å². The van der Waals surface area contributed by atoms with E-state index in [1.807, 2.05) is 17.7 Å². The summed E-state index contributed by atoms with van der Waals surface area (Å²) in [5, 5.41) is 3.19. The summed E-state index contributed by atoms with van der Waals surface area (Å²) < 4.78 is 4.06. The normalized spacial score (nSPS) is 20.2. The van der Waals surface area contributed by atoms with Gasteiger partial charge in [0.1, 0.15) is 0 Å². The summed E-state index contributed by atoms with van der Waals surface area (Å²) in [6.45, 7) is 3.62. The number of rotatable bonds is 6. The van der Waals surface area contributed by atoms with Crippen LogP contribution >= 0.6 is 0 Å². The second-order valence-corrected chi connectivity index (χ2v) is 9.93. The Morgan fingerprint density at radius 3 is 2.18 bits per heavy atom. The van der Waals surface area contributed by atoms with Crippen molar-refractivity contribution in [2.75, 3.05) is 26.7 Å². The van der Waals surface area contributed by atoms with Crippen molar-refractivity contribution < 1.29 is 0 Å². The van der Waals surface area contributed by atoms with Crippen LogP contribution in [-0.2, 0) is 12.1 Å². The molecule has 0 bridgehead atoms. The highest BCUT2D eigenvalue weighted by Crippen LogP contribution is 2.43. The Kier molecular flexibility index (Phi) is 6.70. The molecule has 2 aromatic carbocycles. The summed E-state index contributed by atoms with van der Waals surface area (Å²) in [7, 11) is 1.94. The highest BCUT2D eigenvalue weighted by Gasteiger charge is 2.40. The van der Waals surface area contributed by atoms with Gasteiger partial charge in [0.25, 0.3) is 0 Å². The van der Waals surface area contributed by atoms with Crippen LogP contribution in [0.2, 0.25) is 0 Å². The quantitative estimate of drug-likeness (QED) is 0.547. The molecule has 5 rings (SSSR count). The fourth-order valence-corrected chi connectivity index (χ4v) is 6.43. The zero-order valence-electron chi connectivity index (χ0n) is 20.0. The van der Waals surface area contributed by atoms with Crippen molar-refractivity contribution in [2.24, 2.45) is 0 Å². The van der Waals surface area contributed by atoms with Crippen LogP contribution in [0.5, 0.6) is 0 Å². The number of hydrogen-bond donors (Lipinski definition) is 1. The smallest absolute Gasteiger partial charge is 0.318 e. The summed E-state index contributed by atoms with van der Waals surface area (Å²) in [6, 6.07) is 19.8. The maximum absolute atomic E-state index is 13.5. The fraction of sp³-hybridized carbons (Fsp3) is 0.536. The maximum Gasteiger partial charge on any atom is 0.329 e. The fourth-order valence-electron chi connectivity index (χ4n) is 6.43. The molecule has 5 heteroatoms. The average Bonchev–Trinajstić information content (AvgIpc) is 3.00. The molecule has 1 saturated carbocycles. The number of likely N-dealkylation sites (N-methyl/N-ethyl adjacent to an activating group) is 1. The van der Waals surface area contributed by atoms with Crippen LogP contribution in [0.1, 0.15) is 63.0 Å². The van der Waals surface area contributed by atoms with E-state index >= 15 is 0 Å². The standard InChI is InChI=1S/C28H38N4O/c1-29-19-22-31-25-13-7-8-14-26(25)32(27(31)33)24-15-20-30(21-16-24)28(17-9-2-3-10-18-28)23-11-5-4-6-12-23/h4-8,11-14,24,29H,2-3,9-10,15-22H2,1H3. The number of benzene rings is 2. The zero-order chi connectivity index (χ0) is 22.7. The van der Waals surface area contributed by atoms with Crippen molar-refractivity contribution in [1.29, 1.82) is 0 Å². The third kappa shape index (κ3) is 4.17. The molecule has 1 aromatic heterocycles. The first-order chi connectivity index (χ1) is 16.2. The predicted molar refractivity (Wildman–Crippen MR) is 136 cm³/mol. The molecule has 2 aliphatic rings. The van der Waals surface area contributed by atoms with Crippen LogP contribution in [0.15, 0.2) is 59.4 Å². The van der Waals surface area contributed by atoms with E-state index in [0.717, 1.165) is 43.5 Å². The molecule has 3 aromatic rings. The predicted octanol–water partition coefficient (Wildman–Crippen LogP) is 4.91. The number of nitrogens with zero attached hydrogens (tertiary/aromatic N) is 3. The van der Waals surface area contributed by atoms with Crippen molar-refractivity contribution >= 4 is 11.0 Å². The minimum atomic E-state index is 0.150. The lowest BCUT2D eigenvalue weighted by atomic mass is 9.79. The second-order valence-electron chi connectivity index (χ2n) is 9.93. The summed E-state index contributed by atoms with van der Waals surface area (Å²) in [4.78, 5) is 16.3. The van der Waals surface area contributed by atoms with E-state index in [-0.39, 0.29) is 17.3 Å². The van der Waals surface area contributed by atoms with E-state index in [1.165, 1.54) is 44.1 Å². The number of likely N-dealkylation sites (tertiary alicyclic amines) is 1. The van der Waals surface area contributed by atoms with E-state index in [2.05, 4.69) is 63.3 Å². The van der Waals surface area contributed by atoms with E-state index in [0.29, 0.717) is 6.54 Å². The van der Waals surface area contributed by atoms with Crippen LogP contribution in [-0.4, -0.2) is 40.7 Å². The number of imidazole rings is 1. The van der Waals surface area contributed by atoms with Crippen molar-refractivity contribution in [1.82, 2.24) is 19.4 Å². The average molecular weight is 447 g/mol. The largest absolute Gasteiger partial charge is 0.329 e. The lowest BCUT2D eigenvalue weighted by Crippen LogP contribution is -2.50. The number of piperidine rings is 1. The Morgan fingerprint density at radius 1 is 0.879 bits per heavy atom. The molecule has 0 unspecified atom stereocenters. The Labute approximate surface area is 197 Å². The SMILES string of the molecule is CNCCn1c(=O)n(C2CCN(C3(c4ccccc4)CCCCCC3)CC2)c2ccccc21. The van der Waals surface area contributed by atoms with Crippen molar-refractivity contribution in [3.8, 4) is 0 Å². The first-order valence-corrected chi connectivity index (χ1v) is 12.9. The highest BCUT2D eigenvalue weighted by molar-refractivity contribution is 5.76. The molecule has 1 saturated heterocycles. The van der Waals surface area contributed by atoms with Crippen LogP contribution in [0.25, 0.3) is 11.0 Å². The van der Waals surface area contributed by atoms with Crippen LogP contribution < -0.4 is 11.0 Å². The van der Waals surface area contributed by atoms with Crippen LogP contribution in [0.4, 0.5) is 0 Å². The van der Waals surface area contributed by atoms with Crippen molar-refractivity contribution in [2.45, 2.75) is 69.5 Å². The molecule has 1 N–H and O–H groups in total. The van der Waals surface area contributed by atoms with Gasteiger partial charge < -0.3 is 5.32 Å². The maximum atomic E-state index is 13.5. The number of fused-ring (bicyclic) bond motifs is 1. The van der Waals surface area contributed by atoms with Gasteiger partial charge >= 0.3 is 5.69 Å². The molecule has 0 amide bonds. The molecule has 2 heterocycles. The Morgan fingerprint density at radius 2 is 1.52 bits per heavy atom. The summed E-state index contributed by atoms with van der Waals surface area (Å²) in [5.41, 5.74) is 3.95. The van der Waals surface area contributed by atoms with Crippen LogP contribution in [0.3, 0.4) is 0 Å². The summed E-state index contributed by atoms with van der Waals surface area (Å²) >= 11 is 0. The lowest BCUT2D eigenvalue weighted by molar-refractivity contribution is 0.0354.